The maximum Gasteiger partial charge on any atom is 0.350 e. The highest BCUT2D eigenvalue weighted by Gasteiger charge is 2.39. The minimum atomic E-state index is -1.27. The van der Waals surface area contributed by atoms with E-state index in [1.54, 1.807) is 17.7 Å². The Balaban J connectivity index is 1.62. The Kier molecular flexibility index (Phi) is 5.01. The lowest BCUT2D eigenvalue weighted by Crippen LogP contribution is -2.42. The van der Waals surface area contributed by atoms with E-state index in [0.717, 1.165) is 31.4 Å². The SMILES string of the molecule is Cc1csc2ncnc(Sc3ccccc3NC=C3C(=O)OC(C)(C)OC3=O)c12. The second-order valence-corrected chi connectivity index (χ2v) is 8.65. The molecule has 29 heavy (non-hydrogen) atoms. The van der Waals surface area contributed by atoms with Gasteiger partial charge < -0.3 is 14.8 Å². The zero-order valence-corrected chi connectivity index (χ0v) is 17.5. The summed E-state index contributed by atoms with van der Waals surface area (Å²) in [5.74, 6) is -2.72. The number of ether oxygens (including phenoxy) is 2. The fourth-order valence-corrected chi connectivity index (χ4v) is 4.77. The van der Waals surface area contributed by atoms with E-state index in [1.807, 2.05) is 31.2 Å². The molecule has 2 aromatic heterocycles. The van der Waals surface area contributed by atoms with E-state index in [4.69, 9.17) is 9.47 Å². The predicted octanol–water partition coefficient (Wildman–Crippen LogP) is 4.28. The summed E-state index contributed by atoms with van der Waals surface area (Å²) < 4.78 is 10.2. The van der Waals surface area contributed by atoms with Crippen molar-refractivity contribution < 1.29 is 19.1 Å². The van der Waals surface area contributed by atoms with Gasteiger partial charge in [0.15, 0.2) is 5.57 Å². The Labute approximate surface area is 175 Å². The average molecular weight is 428 g/mol. The van der Waals surface area contributed by atoms with Crippen LogP contribution in [0, 0.1) is 6.92 Å². The zero-order valence-electron chi connectivity index (χ0n) is 15.9. The lowest BCUT2D eigenvalue weighted by molar-refractivity contribution is -0.222. The first kappa shape index (κ1) is 19.4. The maximum absolute atomic E-state index is 12.1. The number of cyclic esters (lactones) is 2. The van der Waals surface area contributed by atoms with Gasteiger partial charge in [0.2, 0.25) is 0 Å². The van der Waals surface area contributed by atoms with Gasteiger partial charge in [-0.15, -0.1) is 11.3 Å². The number of para-hydroxylation sites is 1. The number of hydrogen-bond donors (Lipinski definition) is 1. The van der Waals surface area contributed by atoms with Gasteiger partial charge in [-0.1, -0.05) is 23.9 Å². The Morgan fingerprint density at radius 1 is 1.14 bits per heavy atom. The van der Waals surface area contributed by atoms with Crippen LogP contribution < -0.4 is 5.32 Å². The van der Waals surface area contributed by atoms with Crippen molar-refractivity contribution in [3.63, 3.8) is 0 Å². The third kappa shape index (κ3) is 3.96. The molecule has 4 rings (SSSR count). The van der Waals surface area contributed by atoms with Crippen molar-refractivity contribution >= 4 is 50.9 Å². The molecule has 0 spiro atoms. The number of thiophene rings is 1. The molecule has 1 fully saturated rings. The number of benzene rings is 1. The van der Waals surface area contributed by atoms with E-state index in [0.29, 0.717) is 0 Å². The second-order valence-electron chi connectivity index (χ2n) is 6.76. The highest BCUT2D eigenvalue weighted by Crippen LogP contribution is 2.38. The first-order valence-corrected chi connectivity index (χ1v) is 10.4. The summed E-state index contributed by atoms with van der Waals surface area (Å²) in [6.45, 7) is 5.05. The summed E-state index contributed by atoms with van der Waals surface area (Å²) in [5, 5.41) is 6.94. The van der Waals surface area contributed by atoms with Gasteiger partial charge >= 0.3 is 11.9 Å². The first-order valence-electron chi connectivity index (χ1n) is 8.73. The predicted molar refractivity (Wildman–Crippen MR) is 111 cm³/mol. The van der Waals surface area contributed by atoms with Crippen LogP contribution in [0.2, 0.25) is 0 Å². The quantitative estimate of drug-likeness (QED) is 0.286. The smallest absolute Gasteiger partial charge is 0.350 e. The monoisotopic (exact) mass is 427 g/mol. The summed E-state index contributed by atoms with van der Waals surface area (Å²) in [6, 6.07) is 7.55. The number of esters is 2. The second kappa shape index (κ2) is 7.49. The highest BCUT2D eigenvalue weighted by molar-refractivity contribution is 7.99. The van der Waals surface area contributed by atoms with E-state index in [2.05, 4.69) is 20.7 Å². The van der Waals surface area contributed by atoms with Crippen LogP contribution in [0.1, 0.15) is 19.4 Å². The Morgan fingerprint density at radius 2 is 1.86 bits per heavy atom. The van der Waals surface area contributed by atoms with Crippen LogP contribution >= 0.6 is 23.1 Å². The summed E-state index contributed by atoms with van der Waals surface area (Å²) in [6.07, 6.45) is 2.86. The molecular weight excluding hydrogens is 410 g/mol. The number of rotatable bonds is 4. The molecule has 0 radical (unpaired) electrons. The number of carbonyl (C=O) groups excluding carboxylic acids is 2. The van der Waals surface area contributed by atoms with Crippen molar-refractivity contribution in [1.82, 2.24) is 9.97 Å². The zero-order chi connectivity index (χ0) is 20.6. The Hall–Kier alpha value is -2.91. The third-order valence-electron chi connectivity index (χ3n) is 4.10. The molecule has 1 saturated heterocycles. The molecule has 7 nitrogen and oxygen atoms in total. The molecule has 0 amide bonds. The number of nitrogens with one attached hydrogen (secondary N) is 1. The van der Waals surface area contributed by atoms with Crippen LogP contribution in [0.3, 0.4) is 0 Å². The third-order valence-corrected chi connectivity index (χ3v) is 6.18. The van der Waals surface area contributed by atoms with E-state index in [9.17, 15) is 9.59 Å². The number of fused-ring (bicyclic) bond motifs is 1. The van der Waals surface area contributed by atoms with Crippen LogP contribution in [0.4, 0.5) is 5.69 Å². The van der Waals surface area contributed by atoms with Crippen LogP contribution in [-0.4, -0.2) is 27.7 Å². The summed E-state index contributed by atoms with van der Waals surface area (Å²) in [4.78, 5) is 34.8. The molecule has 1 aliphatic rings. The molecule has 1 N–H and O–H groups in total. The van der Waals surface area contributed by atoms with Crippen LogP contribution in [-0.2, 0) is 19.1 Å². The van der Waals surface area contributed by atoms with Crippen LogP contribution in [0.5, 0.6) is 0 Å². The van der Waals surface area contributed by atoms with Gasteiger partial charge in [-0.25, -0.2) is 19.6 Å². The molecule has 1 aliphatic heterocycles. The molecule has 0 atom stereocenters. The minimum Gasteiger partial charge on any atom is -0.419 e. The van der Waals surface area contributed by atoms with Crippen molar-refractivity contribution in [2.75, 3.05) is 5.32 Å². The van der Waals surface area contributed by atoms with Crippen molar-refractivity contribution in [3.8, 4) is 0 Å². The summed E-state index contributed by atoms with van der Waals surface area (Å²) in [7, 11) is 0. The number of nitrogens with zero attached hydrogens (tertiary/aromatic N) is 2. The summed E-state index contributed by atoms with van der Waals surface area (Å²) >= 11 is 3.06. The average Bonchev–Trinajstić information content (AvgIpc) is 3.03. The van der Waals surface area contributed by atoms with E-state index < -0.39 is 17.7 Å². The maximum atomic E-state index is 12.1. The van der Waals surface area contributed by atoms with Gasteiger partial charge in [0, 0.05) is 30.3 Å². The molecule has 148 valence electrons. The molecule has 1 aromatic carbocycles. The summed E-state index contributed by atoms with van der Waals surface area (Å²) in [5.41, 5.74) is 1.65. The van der Waals surface area contributed by atoms with Gasteiger partial charge in [-0.3, -0.25) is 0 Å². The van der Waals surface area contributed by atoms with E-state index in [1.165, 1.54) is 31.8 Å². The lowest BCUT2D eigenvalue weighted by Gasteiger charge is -2.29. The molecule has 0 aliphatic carbocycles. The first-order chi connectivity index (χ1) is 13.8. The number of anilines is 1. The largest absolute Gasteiger partial charge is 0.419 e. The number of hydrogen-bond acceptors (Lipinski definition) is 9. The molecule has 0 unspecified atom stereocenters. The normalized spacial score (nSPS) is 15.8. The minimum absolute atomic E-state index is 0.192. The Bertz CT molecular complexity index is 1130. The number of aryl methyl sites for hydroxylation is 1. The topological polar surface area (TPSA) is 90.4 Å². The van der Waals surface area contributed by atoms with E-state index in [-0.39, 0.29) is 5.57 Å². The van der Waals surface area contributed by atoms with Crippen molar-refractivity contribution in [2.24, 2.45) is 0 Å². The van der Waals surface area contributed by atoms with Crippen LogP contribution in [0.15, 0.2) is 57.7 Å². The lowest BCUT2D eigenvalue weighted by atomic mass is 10.2. The molecule has 3 aromatic rings. The van der Waals surface area contributed by atoms with Gasteiger partial charge in [-0.05, 0) is 30.0 Å². The van der Waals surface area contributed by atoms with Gasteiger partial charge in [0.1, 0.15) is 16.2 Å². The number of aromatic nitrogens is 2. The van der Waals surface area contributed by atoms with Gasteiger partial charge in [0.05, 0.1) is 5.69 Å². The molecule has 3 heterocycles. The van der Waals surface area contributed by atoms with Crippen molar-refractivity contribution in [3.05, 3.63) is 53.3 Å². The standard InChI is InChI=1S/C20H17N3O4S2/c1-11-9-28-16-15(11)17(23-10-22-16)29-14-7-5-4-6-13(14)21-8-12-18(24)26-20(2,3)27-19(12)25/h4-10,21H,1-3H3. The fourth-order valence-electron chi connectivity index (χ4n) is 2.77. The molecule has 0 bridgehead atoms. The molecule has 0 saturated carbocycles. The molecule has 9 heteroatoms. The van der Waals surface area contributed by atoms with Crippen molar-refractivity contribution in [1.29, 1.82) is 0 Å². The van der Waals surface area contributed by atoms with Gasteiger partial charge in [-0.2, -0.15) is 0 Å². The Morgan fingerprint density at radius 3 is 2.62 bits per heavy atom. The van der Waals surface area contributed by atoms with E-state index >= 15 is 0 Å². The highest BCUT2D eigenvalue weighted by atomic mass is 32.2. The number of carbonyl (C=O) groups is 2. The molecular formula is C20H17N3O4S2. The van der Waals surface area contributed by atoms with Crippen molar-refractivity contribution in [2.45, 2.75) is 36.5 Å². The van der Waals surface area contributed by atoms with Crippen LogP contribution in [0.25, 0.3) is 10.2 Å². The van der Waals surface area contributed by atoms with Gasteiger partial charge in [0.25, 0.3) is 5.79 Å². The fraction of sp³-hybridized carbons (Fsp3) is 0.200.